The van der Waals surface area contributed by atoms with Gasteiger partial charge in [-0.3, -0.25) is 4.79 Å². The number of piperidine rings is 1. The molecule has 0 saturated carbocycles. The summed E-state index contributed by atoms with van der Waals surface area (Å²) in [6, 6.07) is 0. The number of nitrogens with zero attached hydrogens (tertiary/aromatic N) is 1. The van der Waals surface area contributed by atoms with Gasteiger partial charge in [-0.05, 0) is 46.7 Å². The molecule has 112 valence electrons. The molecule has 19 heavy (non-hydrogen) atoms. The van der Waals surface area contributed by atoms with E-state index >= 15 is 0 Å². The minimum Gasteiger partial charge on any atom is -0.460 e. The molecule has 3 nitrogen and oxygen atoms in total. The summed E-state index contributed by atoms with van der Waals surface area (Å²) in [5.41, 5.74) is -0.514. The van der Waals surface area contributed by atoms with Gasteiger partial charge in [0.05, 0.1) is 12.3 Å². The number of ether oxygens (including phenoxy) is 1. The third kappa shape index (κ3) is 6.27. The van der Waals surface area contributed by atoms with Crippen LogP contribution in [0, 0.1) is 5.92 Å². The molecule has 1 aliphatic heterocycles. The maximum atomic E-state index is 12.5. The molecule has 0 aromatic rings. The van der Waals surface area contributed by atoms with Crippen LogP contribution in [0.25, 0.3) is 0 Å². The third-order valence-corrected chi connectivity index (χ3v) is 3.10. The van der Waals surface area contributed by atoms with Crippen molar-refractivity contribution in [3.63, 3.8) is 0 Å². The Labute approximate surface area is 112 Å². The topological polar surface area (TPSA) is 29.5 Å². The normalized spacial score (nSPS) is 19.5. The van der Waals surface area contributed by atoms with E-state index in [-0.39, 0.29) is 25.2 Å². The Bertz CT molecular complexity index is 302. The van der Waals surface area contributed by atoms with Crippen LogP contribution in [-0.4, -0.2) is 42.3 Å². The van der Waals surface area contributed by atoms with Gasteiger partial charge in [0.1, 0.15) is 5.60 Å². The summed E-state index contributed by atoms with van der Waals surface area (Å²) >= 11 is 0. The van der Waals surface area contributed by atoms with Crippen molar-refractivity contribution < 1.29 is 22.7 Å². The lowest BCUT2D eigenvalue weighted by Crippen LogP contribution is -2.40. The monoisotopic (exact) mass is 281 g/mol. The number of likely N-dealkylation sites (tertiary alicyclic amines) is 1. The van der Waals surface area contributed by atoms with Crippen molar-refractivity contribution in [1.29, 1.82) is 0 Å². The lowest BCUT2D eigenvalue weighted by molar-refractivity contribution is -0.185. The zero-order valence-electron chi connectivity index (χ0n) is 11.7. The molecule has 6 heteroatoms. The van der Waals surface area contributed by atoms with Crippen LogP contribution in [0.1, 0.15) is 40.0 Å². The second-order valence-electron chi connectivity index (χ2n) is 5.99. The first-order valence-corrected chi connectivity index (χ1v) is 6.59. The van der Waals surface area contributed by atoms with Gasteiger partial charge in [0.2, 0.25) is 0 Å². The summed E-state index contributed by atoms with van der Waals surface area (Å²) in [5.74, 6) is -1.49. The number of rotatable bonds is 3. The summed E-state index contributed by atoms with van der Waals surface area (Å²) in [5, 5.41) is 0. The maximum absolute atomic E-state index is 12.5. The average Bonchev–Trinajstić information content (AvgIpc) is 2.23. The Hall–Kier alpha value is -0.780. The molecule has 0 radical (unpaired) electrons. The van der Waals surface area contributed by atoms with E-state index in [9.17, 15) is 18.0 Å². The molecule has 0 atom stereocenters. The lowest BCUT2D eigenvalue weighted by Gasteiger charge is -2.32. The second-order valence-corrected chi connectivity index (χ2v) is 5.99. The summed E-state index contributed by atoms with van der Waals surface area (Å²) in [6.45, 7) is 6.64. The van der Waals surface area contributed by atoms with Gasteiger partial charge in [-0.2, -0.15) is 13.2 Å². The van der Waals surface area contributed by atoms with Crippen LogP contribution in [0.5, 0.6) is 0 Å². The predicted molar refractivity (Wildman–Crippen MR) is 65.7 cm³/mol. The zero-order valence-corrected chi connectivity index (χ0v) is 11.7. The molecule has 1 aliphatic rings. The second kappa shape index (κ2) is 6.11. The van der Waals surface area contributed by atoms with Crippen molar-refractivity contribution >= 4 is 5.97 Å². The quantitative estimate of drug-likeness (QED) is 0.745. The highest BCUT2D eigenvalue weighted by Gasteiger charge is 2.40. The fourth-order valence-corrected chi connectivity index (χ4v) is 2.13. The molecule has 0 N–H and O–H groups in total. The minimum atomic E-state index is -4.09. The van der Waals surface area contributed by atoms with Crippen LogP contribution >= 0.6 is 0 Å². The van der Waals surface area contributed by atoms with Crippen molar-refractivity contribution in [1.82, 2.24) is 4.90 Å². The standard InChI is InChI=1S/C13H22F3NO2/c1-12(2,3)19-11(18)6-9-17-7-4-10(5-8-17)13(14,15)16/h10H,4-9H2,1-3H3. The van der Waals surface area contributed by atoms with Crippen molar-refractivity contribution in [2.24, 2.45) is 5.92 Å². The highest BCUT2D eigenvalue weighted by atomic mass is 19.4. The summed E-state index contributed by atoms with van der Waals surface area (Å²) in [4.78, 5) is 13.4. The van der Waals surface area contributed by atoms with Crippen molar-refractivity contribution in [2.45, 2.75) is 51.8 Å². The smallest absolute Gasteiger partial charge is 0.391 e. The Morgan fingerprint density at radius 1 is 1.21 bits per heavy atom. The van der Waals surface area contributed by atoms with Crippen LogP contribution < -0.4 is 0 Å². The van der Waals surface area contributed by atoms with E-state index in [1.807, 2.05) is 4.90 Å². The fraction of sp³-hybridized carbons (Fsp3) is 0.923. The fourth-order valence-electron chi connectivity index (χ4n) is 2.13. The molecule has 0 aliphatic carbocycles. The molecule has 1 rings (SSSR count). The highest BCUT2D eigenvalue weighted by Crippen LogP contribution is 2.34. The van der Waals surface area contributed by atoms with E-state index in [1.165, 1.54) is 0 Å². The van der Waals surface area contributed by atoms with E-state index in [2.05, 4.69) is 0 Å². The van der Waals surface area contributed by atoms with Crippen LogP contribution in [-0.2, 0) is 9.53 Å². The van der Waals surface area contributed by atoms with E-state index in [1.54, 1.807) is 20.8 Å². The van der Waals surface area contributed by atoms with Crippen LogP contribution in [0.2, 0.25) is 0 Å². The molecule has 0 unspecified atom stereocenters. The number of carbonyl (C=O) groups is 1. The highest BCUT2D eigenvalue weighted by molar-refractivity contribution is 5.70. The van der Waals surface area contributed by atoms with Crippen molar-refractivity contribution in [3.05, 3.63) is 0 Å². The molecular weight excluding hydrogens is 259 g/mol. The summed E-state index contributed by atoms with van der Waals surface area (Å²) in [7, 11) is 0. The first-order valence-electron chi connectivity index (χ1n) is 6.59. The number of carbonyl (C=O) groups excluding carboxylic acids is 1. The molecule has 0 bridgehead atoms. The van der Waals surface area contributed by atoms with Gasteiger partial charge in [-0.1, -0.05) is 0 Å². The van der Waals surface area contributed by atoms with Crippen LogP contribution in [0.15, 0.2) is 0 Å². The van der Waals surface area contributed by atoms with Crippen molar-refractivity contribution in [2.75, 3.05) is 19.6 Å². The molecule has 1 saturated heterocycles. The Morgan fingerprint density at radius 2 is 1.74 bits per heavy atom. The minimum absolute atomic E-state index is 0.123. The first kappa shape index (κ1) is 16.3. The zero-order chi connectivity index (χ0) is 14.7. The Balaban J connectivity index is 2.25. The predicted octanol–water partition coefficient (Wildman–Crippen LogP) is 2.99. The molecule has 0 aromatic heterocycles. The van der Waals surface area contributed by atoms with E-state index < -0.39 is 17.7 Å². The number of hydrogen-bond donors (Lipinski definition) is 0. The van der Waals surface area contributed by atoms with Gasteiger partial charge in [0, 0.05) is 6.54 Å². The number of halogens is 3. The summed E-state index contributed by atoms with van der Waals surface area (Å²) < 4.78 is 42.6. The van der Waals surface area contributed by atoms with Crippen LogP contribution in [0.4, 0.5) is 13.2 Å². The number of alkyl halides is 3. The molecule has 0 amide bonds. The molecule has 0 aromatic carbocycles. The summed E-state index contributed by atoms with van der Waals surface area (Å²) in [6.07, 6.45) is -3.61. The van der Waals surface area contributed by atoms with E-state index in [4.69, 9.17) is 4.74 Å². The average molecular weight is 281 g/mol. The van der Waals surface area contributed by atoms with Gasteiger partial charge in [-0.25, -0.2) is 0 Å². The maximum Gasteiger partial charge on any atom is 0.391 e. The SMILES string of the molecule is CC(C)(C)OC(=O)CCN1CCC(C(F)(F)F)CC1. The Kier molecular flexibility index (Phi) is 5.24. The van der Waals surface area contributed by atoms with Crippen molar-refractivity contribution in [3.8, 4) is 0 Å². The van der Waals surface area contributed by atoms with Gasteiger partial charge < -0.3 is 9.64 Å². The number of esters is 1. The van der Waals surface area contributed by atoms with Gasteiger partial charge in [0.25, 0.3) is 0 Å². The molecule has 0 spiro atoms. The van der Waals surface area contributed by atoms with Gasteiger partial charge >= 0.3 is 12.1 Å². The Morgan fingerprint density at radius 3 is 2.16 bits per heavy atom. The lowest BCUT2D eigenvalue weighted by atomic mass is 9.96. The van der Waals surface area contributed by atoms with E-state index in [0.717, 1.165) is 0 Å². The molecule has 1 fully saturated rings. The largest absolute Gasteiger partial charge is 0.460 e. The first-order chi connectivity index (χ1) is 8.58. The molecular formula is C13H22F3NO2. The van der Waals surface area contributed by atoms with E-state index in [0.29, 0.717) is 19.6 Å². The molecule has 1 heterocycles. The number of hydrogen-bond acceptors (Lipinski definition) is 3. The van der Waals surface area contributed by atoms with Gasteiger partial charge in [-0.15, -0.1) is 0 Å². The third-order valence-electron chi connectivity index (χ3n) is 3.10. The van der Waals surface area contributed by atoms with Crippen LogP contribution in [0.3, 0.4) is 0 Å². The van der Waals surface area contributed by atoms with Gasteiger partial charge in [0.15, 0.2) is 0 Å².